The summed E-state index contributed by atoms with van der Waals surface area (Å²) in [5.74, 6) is 1.34. The summed E-state index contributed by atoms with van der Waals surface area (Å²) in [5, 5.41) is 6.66. The number of hydrogen-bond donors (Lipinski definition) is 2. The molecule has 1 atom stereocenters. The minimum Gasteiger partial charge on any atom is -0.354 e. The van der Waals surface area contributed by atoms with Crippen molar-refractivity contribution in [2.75, 3.05) is 13.1 Å². The van der Waals surface area contributed by atoms with Crippen LogP contribution in [-0.2, 0) is 4.79 Å². The third-order valence-electron chi connectivity index (χ3n) is 5.26. The Kier molecular flexibility index (Phi) is 5.48. The zero-order chi connectivity index (χ0) is 14.6. The van der Waals surface area contributed by atoms with E-state index in [0.717, 1.165) is 31.8 Å². The topological polar surface area (TPSA) is 41.1 Å². The van der Waals surface area contributed by atoms with E-state index in [4.69, 9.17) is 0 Å². The number of carbonyl (C=O) groups excluding carboxylic acids is 1. The van der Waals surface area contributed by atoms with Crippen molar-refractivity contribution in [3.05, 3.63) is 0 Å². The maximum absolute atomic E-state index is 12.3. The van der Waals surface area contributed by atoms with Gasteiger partial charge in [0.05, 0.1) is 0 Å². The van der Waals surface area contributed by atoms with Crippen molar-refractivity contribution in [1.29, 1.82) is 0 Å². The van der Waals surface area contributed by atoms with Crippen molar-refractivity contribution in [1.82, 2.24) is 10.6 Å². The van der Waals surface area contributed by atoms with Gasteiger partial charge in [0.25, 0.3) is 0 Å². The van der Waals surface area contributed by atoms with Crippen molar-refractivity contribution in [3.63, 3.8) is 0 Å². The molecule has 0 aromatic heterocycles. The zero-order valence-electron chi connectivity index (χ0n) is 13.5. The molecule has 20 heavy (non-hydrogen) atoms. The summed E-state index contributed by atoms with van der Waals surface area (Å²) in [5.41, 5.74) is 0.396. The number of nitrogens with one attached hydrogen (secondary N) is 2. The van der Waals surface area contributed by atoms with E-state index in [1.54, 1.807) is 0 Å². The average molecular weight is 280 g/mol. The molecule has 0 radical (unpaired) electrons. The van der Waals surface area contributed by atoms with Crippen LogP contribution in [0, 0.1) is 17.3 Å². The predicted molar refractivity (Wildman–Crippen MR) is 83.6 cm³/mol. The Balaban J connectivity index is 1.69. The van der Waals surface area contributed by atoms with E-state index in [-0.39, 0.29) is 5.92 Å². The Labute approximate surface area is 124 Å². The van der Waals surface area contributed by atoms with Gasteiger partial charge in [-0.05, 0) is 56.4 Å². The summed E-state index contributed by atoms with van der Waals surface area (Å²) < 4.78 is 0. The Morgan fingerprint density at radius 1 is 1.10 bits per heavy atom. The van der Waals surface area contributed by atoms with Crippen LogP contribution in [0.25, 0.3) is 0 Å². The first-order valence-corrected chi connectivity index (χ1v) is 8.48. The van der Waals surface area contributed by atoms with E-state index in [9.17, 15) is 4.79 Å². The molecule has 3 nitrogen and oxygen atoms in total. The van der Waals surface area contributed by atoms with Gasteiger partial charge >= 0.3 is 0 Å². The standard InChI is InChI=1S/C17H32N2O/c1-17(2,3)14-9-7-13(8-10-14)16(20)19-12-15-6-4-5-11-18-15/h13-15,18H,4-12H2,1-3H3,(H,19,20). The second-order valence-electron chi connectivity index (χ2n) is 7.81. The van der Waals surface area contributed by atoms with Gasteiger partial charge in [0.2, 0.25) is 5.91 Å². The van der Waals surface area contributed by atoms with Crippen LogP contribution in [0.15, 0.2) is 0 Å². The fourth-order valence-corrected chi connectivity index (χ4v) is 3.69. The lowest BCUT2D eigenvalue weighted by molar-refractivity contribution is -0.126. The van der Waals surface area contributed by atoms with Gasteiger partial charge in [-0.1, -0.05) is 27.2 Å². The third kappa shape index (κ3) is 4.47. The molecule has 0 spiro atoms. The van der Waals surface area contributed by atoms with Crippen molar-refractivity contribution < 1.29 is 4.79 Å². The Morgan fingerprint density at radius 3 is 2.35 bits per heavy atom. The van der Waals surface area contributed by atoms with Crippen LogP contribution in [0.2, 0.25) is 0 Å². The number of rotatable bonds is 3. The molecular weight excluding hydrogens is 248 g/mol. The molecule has 1 saturated heterocycles. The maximum atomic E-state index is 12.3. The molecule has 1 amide bonds. The van der Waals surface area contributed by atoms with E-state index in [0.29, 0.717) is 17.4 Å². The lowest BCUT2D eigenvalue weighted by Gasteiger charge is -2.36. The normalized spacial score (nSPS) is 31.9. The van der Waals surface area contributed by atoms with Crippen LogP contribution in [0.3, 0.4) is 0 Å². The summed E-state index contributed by atoms with van der Waals surface area (Å²) >= 11 is 0. The zero-order valence-corrected chi connectivity index (χ0v) is 13.5. The molecule has 0 aromatic carbocycles. The van der Waals surface area contributed by atoms with Crippen LogP contribution in [0.5, 0.6) is 0 Å². The Hall–Kier alpha value is -0.570. The minimum absolute atomic E-state index is 0.261. The van der Waals surface area contributed by atoms with Crippen molar-refractivity contribution in [2.24, 2.45) is 17.3 Å². The average Bonchev–Trinajstić information content (AvgIpc) is 2.45. The highest BCUT2D eigenvalue weighted by Gasteiger charge is 2.32. The Bertz CT molecular complexity index is 307. The van der Waals surface area contributed by atoms with Crippen LogP contribution in [0.4, 0.5) is 0 Å². The van der Waals surface area contributed by atoms with E-state index >= 15 is 0 Å². The highest BCUT2D eigenvalue weighted by atomic mass is 16.1. The molecule has 3 heteroatoms. The lowest BCUT2D eigenvalue weighted by atomic mass is 9.69. The van der Waals surface area contributed by atoms with Gasteiger partial charge < -0.3 is 10.6 Å². The summed E-state index contributed by atoms with van der Waals surface area (Å²) in [4.78, 5) is 12.3. The summed E-state index contributed by atoms with van der Waals surface area (Å²) in [6, 6.07) is 0.499. The second kappa shape index (κ2) is 6.93. The molecule has 2 fully saturated rings. The van der Waals surface area contributed by atoms with E-state index < -0.39 is 0 Å². The number of carbonyl (C=O) groups is 1. The SMILES string of the molecule is CC(C)(C)C1CCC(C(=O)NCC2CCCCN2)CC1. The largest absolute Gasteiger partial charge is 0.354 e. The number of piperidine rings is 1. The molecular formula is C17H32N2O. The predicted octanol–water partition coefficient (Wildman–Crippen LogP) is 3.10. The van der Waals surface area contributed by atoms with Crippen molar-refractivity contribution >= 4 is 5.91 Å². The fourth-order valence-electron chi connectivity index (χ4n) is 3.69. The van der Waals surface area contributed by atoms with Gasteiger partial charge in [0.1, 0.15) is 0 Å². The molecule has 1 aliphatic heterocycles. The number of amides is 1. The third-order valence-corrected chi connectivity index (χ3v) is 5.26. The summed E-state index contributed by atoms with van der Waals surface area (Å²) in [6.45, 7) is 8.90. The van der Waals surface area contributed by atoms with Crippen molar-refractivity contribution in [3.8, 4) is 0 Å². The molecule has 1 unspecified atom stereocenters. The van der Waals surface area contributed by atoms with Gasteiger partial charge in [-0.3, -0.25) is 4.79 Å². The van der Waals surface area contributed by atoms with Gasteiger partial charge in [-0.25, -0.2) is 0 Å². The highest BCUT2D eigenvalue weighted by molar-refractivity contribution is 5.78. The molecule has 0 aromatic rings. The highest BCUT2D eigenvalue weighted by Crippen LogP contribution is 2.39. The summed E-state index contributed by atoms with van der Waals surface area (Å²) in [7, 11) is 0. The molecule has 0 bridgehead atoms. The van der Waals surface area contributed by atoms with Gasteiger partial charge in [-0.2, -0.15) is 0 Å². The van der Waals surface area contributed by atoms with Crippen LogP contribution >= 0.6 is 0 Å². The summed E-state index contributed by atoms with van der Waals surface area (Å²) in [6.07, 6.45) is 8.35. The molecule has 1 saturated carbocycles. The molecule has 1 heterocycles. The fraction of sp³-hybridized carbons (Fsp3) is 0.941. The molecule has 1 aliphatic carbocycles. The molecule has 2 N–H and O–H groups in total. The Morgan fingerprint density at radius 2 is 1.80 bits per heavy atom. The molecule has 2 aliphatic rings. The van der Waals surface area contributed by atoms with Gasteiger partial charge in [-0.15, -0.1) is 0 Å². The van der Waals surface area contributed by atoms with Crippen LogP contribution in [0.1, 0.15) is 65.7 Å². The van der Waals surface area contributed by atoms with Crippen LogP contribution < -0.4 is 10.6 Å². The van der Waals surface area contributed by atoms with E-state index in [1.807, 2.05) is 0 Å². The number of hydrogen-bond acceptors (Lipinski definition) is 2. The van der Waals surface area contributed by atoms with Gasteiger partial charge in [0, 0.05) is 18.5 Å². The first kappa shape index (κ1) is 15.8. The quantitative estimate of drug-likeness (QED) is 0.834. The molecule has 116 valence electrons. The van der Waals surface area contributed by atoms with E-state index in [1.165, 1.54) is 32.1 Å². The smallest absolute Gasteiger partial charge is 0.223 e. The van der Waals surface area contributed by atoms with E-state index in [2.05, 4.69) is 31.4 Å². The van der Waals surface area contributed by atoms with Crippen LogP contribution in [-0.4, -0.2) is 25.0 Å². The lowest BCUT2D eigenvalue weighted by Crippen LogP contribution is -2.45. The monoisotopic (exact) mass is 280 g/mol. The maximum Gasteiger partial charge on any atom is 0.223 e. The first-order valence-electron chi connectivity index (χ1n) is 8.48. The minimum atomic E-state index is 0.261. The van der Waals surface area contributed by atoms with Crippen molar-refractivity contribution in [2.45, 2.75) is 71.8 Å². The van der Waals surface area contributed by atoms with Gasteiger partial charge in [0.15, 0.2) is 0 Å². The first-order chi connectivity index (χ1) is 9.47. The molecule has 2 rings (SSSR count). The second-order valence-corrected chi connectivity index (χ2v) is 7.81.